The SMILES string of the molecule is CCNC(=NCCCOCc1ccco1)NCCOc1ccc(F)cc1F. The number of guanidine groups is 1. The minimum Gasteiger partial charge on any atom is -0.489 e. The van der Waals surface area contributed by atoms with E-state index in [4.69, 9.17) is 13.9 Å². The van der Waals surface area contributed by atoms with Gasteiger partial charge in [0.05, 0.1) is 12.8 Å². The van der Waals surface area contributed by atoms with Gasteiger partial charge in [0.1, 0.15) is 24.8 Å². The summed E-state index contributed by atoms with van der Waals surface area (Å²) in [5.74, 6) is 0.115. The highest BCUT2D eigenvalue weighted by Crippen LogP contribution is 2.17. The number of nitrogens with one attached hydrogen (secondary N) is 2. The summed E-state index contributed by atoms with van der Waals surface area (Å²) in [5.41, 5.74) is 0. The van der Waals surface area contributed by atoms with Crippen molar-refractivity contribution in [3.05, 3.63) is 54.0 Å². The molecule has 0 aliphatic rings. The van der Waals surface area contributed by atoms with Gasteiger partial charge < -0.3 is 24.5 Å². The summed E-state index contributed by atoms with van der Waals surface area (Å²) in [6, 6.07) is 6.91. The highest BCUT2D eigenvalue weighted by Gasteiger charge is 2.04. The first-order chi connectivity index (χ1) is 13.2. The third-order valence-electron chi connectivity index (χ3n) is 3.43. The molecule has 0 aliphatic carbocycles. The fourth-order valence-corrected chi connectivity index (χ4v) is 2.19. The molecule has 6 nitrogen and oxygen atoms in total. The number of halogens is 2. The van der Waals surface area contributed by atoms with Crippen LogP contribution >= 0.6 is 0 Å². The molecular formula is C19H25F2N3O3. The Labute approximate surface area is 157 Å². The van der Waals surface area contributed by atoms with Gasteiger partial charge in [-0.2, -0.15) is 0 Å². The highest BCUT2D eigenvalue weighted by molar-refractivity contribution is 5.79. The monoisotopic (exact) mass is 381 g/mol. The second-order valence-corrected chi connectivity index (χ2v) is 5.60. The fraction of sp³-hybridized carbons (Fsp3) is 0.421. The summed E-state index contributed by atoms with van der Waals surface area (Å²) < 4.78 is 42.3. The van der Waals surface area contributed by atoms with Crippen molar-refractivity contribution in [1.29, 1.82) is 0 Å². The van der Waals surface area contributed by atoms with E-state index in [9.17, 15) is 8.78 Å². The van der Waals surface area contributed by atoms with Crippen LogP contribution in [0.15, 0.2) is 46.0 Å². The molecule has 8 heteroatoms. The number of aliphatic imine (C=N–C) groups is 1. The molecule has 0 aliphatic heterocycles. The van der Waals surface area contributed by atoms with E-state index in [1.807, 2.05) is 19.1 Å². The smallest absolute Gasteiger partial charge is 0.191 e. The van der Waals surface area contributed by atoms with E-state index in [1.54, 1.807) is 6.26 Å². The second-order valence-electron chi connectivity index (χ2n) is 5.60. The molecule has 27 heavy (non-hydrogen) atoms. The van der Waals surface area contributed by atoms with Gasteiger partial charge >= 0.3 is 0 Å². The summed E-state index contributed by atoms with van der Waals surface area (Å²) >= 11 is 0. The third-order valence-corrected chi connectivity index (χ3v) is 3.43. The Hall–Kier alpha value is -2.61. The summed E-state index contributed by atoms with van der Waals surface area (Å²) in [6.45, 7) is 4.96. The Balaban J connectivity index is 1.62. The molecule has 2 rings (SSSR count). The van der Waals surface area contributed by atoms with Crippen molar-refractivity contribution in [1.82, 2.24) is 10.6 Å². The first-order valence-electron chi connectivity index (χ1n) is 8.89. The van der Waals surface area contributed by atoms with E-state index in [0.29, 0.717) is 38.8 Å². The highest BCUT2D eigenvalue weighted by atomic mass is 19.1. The van der Waals surface area contributed by atoms with Crippen LogP contribution in [0.4, 0.5) is 8.78 Å². The van der Waals surface area contributed by atoms with Crippen LogP contribution in [0.5, 0.6) is 5.75 Å². The van der Waals surface area contributed by atoms with Crippen molar-refractivity contribution >= 4 is 5.96 Å². The lowest BCUT2D eigenvalue weighted by molar-refractivity contribution is 0.105. The molecule has 0 saturated carbocycles. The zero-order chi connectivity index (χ0) is 19.3. The van der Waals surface area contributed by atoms with Crippen molar-refractivity contribution in [3.63, 3.8) is 0 Å². The predicted octanol–water partition coefficient (Wildman–Crippen LogP) is 3.10. The van der Waals surface area contributed by atoms with Crippen LogP contribution in [0.1, 0.15) is 19.1 Å². The number of hydrogen-bond donors (Lipinski definition) is 2. The zero-order valence-corrected chi connectivity index (χ0v) is 15.3. The molecule has 0 radical (unpaired) electrons. The number of furan rings is 1. The lowest BCUT2D eigenvalue weighted by Gasteiger charge is -2.12. The standard InChI is InChI=1S/C19H25F2N3O3/c1-2-22-19(23-8-4-10-25-14-16-5-3-11-26-16)24-9-12-27-18-7-6-15(20)13-17(18)21/h3,5-7,11,13H,2,4,8-10,12,14H2,1H3,(H2,22,23,24). The predicted molar refractivity (Wildman–Crippen MR) is 98.8 cm³/mol. The molecule has 1 aromatic carbocycles. The Morgan fingerprint density at radius 2 is 2.07 bits per heavy atom. The van der Waals surface area contributed by atoms with Crippen LogP contribution in [0, 0.1) is 11.6 Å². The van der Waals surface area contributed by atoms with Gasteiger partial charge in [0, 0.05) is 25.8 Å². The van der Waals surface area contributed by atoms with Crippen molar-refractivity contribution < 1.29 is 22.7 Å². The van der Waals surface area contributed by atoms with Crippen LogP contribution in [0.3, 0.4) is 0 Å². The second kappa shape index (κ2) is 11.9. The molecule has 0 bridgehead atoms. The number of hydrogen-bond acceptors (Lipinski definition) is 4. The van der Waals surface area contributed by atoms with Gasteiger partial charge in [-0.3, -0.25) is 4.99 Å². The number of benzene rings is 1. The normalized spacial score (nSPS) is 11.4. The van der Waals surface area contributed by atoms with E-state index in [-0.39, 0.29) is 12.4 Å². The Morgan fingerprint density at radius 3 is 2.81 bits per heavy atom. The molecule has 0 amide bonds. The third kappa shape index (κ3) is 8.08. The molecule has 1 heterocycles. The lowest BCUT2D eigenvalue weighted by atomic mass is 10.3. The summed E-state index contributed by atoms with van der Waals surface area (Å²) in [5, 5.41) is 6.21. The average molecular weight is 381 g/mol. The molecule has 0 unspecified atom stereocenters. The molecule has 0 atom stereocenters. The molecular weight excluding hydrogens is 356 g/mol. The van der Waals surface area contributed by atoms with Crippen LogP contribution in [-0.4, -0.2) is 38.8 Å². The van der Waals surface area contributed by atoms with Crippen LogP contribution < -0.4 is 15.4 Å². The summed E-state index contributed by atoms with van der Waals surface area (Å²) in [4.78, 5) is 4.43. The van der Waals surface area contributed by atoms with Crippen molar-refractivity contribution in [2.24, 2.45) is 4.99 Å². The molecule has 148 valence electrons. The first kappa shape index (κ1) is 20.7. The topological polar surface area (TPSA) is 68.0 Å². The number of nitrogens with zero attached hydrogens (tertiary/aromatic N) is 1. The molecule has 0 spiro atoms. The zero-order valence-electron chi connectivity index (χ0n) is 15.3. The quantitative estimate of drug-likeness (QED) is 0.356. The van der Waals surface area contributed by atoms with Gasteiger partial charge in [-0.05, 0) is 37.6 Å². The maximum Gasteiger partial charge on any atom is 0.191 e. The maximum absolute atomic E-state index is 13.5. The van der Waals surface area contributed by atoms with Gasteiger partial charge in [-0.25, -0.2) is 8.78 Å². The summed E-state index contributed by atoms with van der Waals surface area (Å²) in [7, 11) is 0. The molecule has 2 aromatic rings. The Morgan fingerprint density at radius 1 is 1.19 bits per heavy atom. The first-order valence-corrected chi connectivity index (χ1v) is 8.89. The van der Waals surface area contributed by atoms with Crippen molar-refractivity contribution in [2.75, 3.05) is 32.8 Å². The van der Waals surface area contributed by atoms with E-state index < -0.39 is 11.6 Å². The number of ether oxygens (including phenoxy) is 2. The maximum atomic E-state index is 13.5. The van der Waals surface area contributed by atoms with Crippen molar-refractivity contribution in [3.8, 4) is 5.75 Å². The number of rotatable bonds is 11. The minimum absolute atomic E-state index is 0.0221. The van der Waals surface area contributed by atoms with Gasteiger partial charge in [-0.15, -0.1) is 0 Å². The largest absolute Gasteiger partial charge is 0.489 e. The fourth-order valence-electron chi connectivity index (χ4n) is 2.19. The summed E-state index contributed by atoms with van der Waals surface area (Å²) in [6.07, 6.45) is 2.39. The van der Waals surface area contributed by atoms with E-state index in [1.165, 1.54) is 6.07 Å². The average Bonchev–Trinajstić information content (AvgIpc) is 3.16. The molecule has 0 saturated heterocycles. The van der Waals surface area contributed by atoms with E-state index in [2.05, 4.69) is 15.6 Å². The Bertz CT molecular complexity index is 694. The van der Waals surface area contributed by atoms with Gasteiger partial charge in [0.25, 0.3) is 0 Å². The van der Waals surface area contributed by atoms with E-state index >= 15 is 0 Å². The lowest BCUT2D eigenvalue weighted by Crippen LogP contribution is -2.39. The van der Waals surface area contributed by atoms with Gasteiger partial charge in [0.15, 0.2) is 17.5 Å². The van der Waals surface area contributed by atoms with Crippen molar-refractivity contribution in [2.45, 2.75) is 20.0 Å². The van der Waals surface area contributed by atoms with Crippen LogP contribution in [0.25, 0.3) is 0 Å². The minimum atomic E-state index is -0.717. The molecule has 2 N–H and O–H groups in total. The molecule has 0 fully saturated rings. The Kier molecular flexibility index (Phi) is 9.12. The van der Waals surface area contributed by atoms with Crippen LogP contribution in [-0.2, 0) is 11.3 Å². The van der Waals surface area contributed by atoms with Gasteiger partial charge in [-0.1, -0.05) is 0 Å². The van der Waals surface area contributed by atoms with Crippen LogP contribution in [0.2, 0.25) is 0 Å². The van der Waals surface area contributed by atoms with Gasteiger partial charge in [0.2, 0.25) is 0 Å². The molecule has 1 aromatic heterocycles. The van der Waals surface area contributed by atoms with E-state index in [0.717, 1.165) is 24.3 Å².